The molecule has 1 aliphatic heterocycles. The van der Waals surface area contributed by atoms with Crippen molar-refractivity contribution in [3.05, 3.63) is 35.7 Å². The SMILES string of the molecule is NC(=O)c1cccnc1OC1CC2(C1)CC(N1C(=O)N/C(=C\C34CCC(CC3)CC4)C1=O)C2. The molecular formula is C25H30N4O4. The number of primary amides is 1. The van der Waals surface area contributed by atoms with Crippen LogP contribution in [0, 0.1) is 16.7 Å². The van der Waals surface area contributed by atoms with Crippen molar-refractivity contribution in [3.8, 4) is 5.88 Å². The smallest absolute Gasteiger partial charge is 0.329 e. The first-order valence-electron chi connectivity index (χ1n) is 12.1. The van der Waals surface area contributed by atoms with Crippen LogP contribution in [-0.2, 0) is 4.79 Å². The second-order valence-corrected chi connectivity index (χ2v) is 10.9. The summed E-state index contributed by atoms with van der Waals surface area (Å²) in [4.78, 5) is 43.0. The summed E-state index contributed by atoms with van der Waals surface area (Å²) in [5.41, 5.74) is 6.38. The maximum Gasteiger partial charge on any atom is 0.329 e. The van der Waals surface area contributed by atoms with Crippen LogP contribution in [0.4, 0.5) is 4.79 Å². The lowest BCUT2D eigenvalue weighted by Crippen LogP contribution is -2.60. The lowest BCUT2D eigenvalue weighted by atomic mass is 9.52. The van der Waals surface area contributed by atoms with E-state index in [4.69, 9.17) is 10.5 Å². The number of carbonyl (C=O) groups is 3. The maximum atomic E-state index is 13.1. The van der Waals surface area contributed by atoms with E-state index in [1.807, 2.05) is 0 Å². The molecule has 6 aliphatic rings. The molecule has 174 valence electrons. The van der Waals surface area contributed by atoms with Gasteiger partial charge in [-0.2, -0.15) is 0 Å². The number of ether oxygens (including phenoxy) is 1. The highest BCUT2D eigenvalue weighted by Crippen LogP contribution is 2.58. The second-order valence-electron chi connectivity index (χ2n) is 10.9. The zero-order chi connectivity index (χ0) is 22.8. The lowest BCUT2D eigenvalue weighted by Gasteiger charge is -2.58. The molecular weight excluding hydrogens is 420 g/mol. The third-order valence-corrected chi connectivity index (χ3v) is 8.85. The molecule has 1 spiro atoms. The third-order valence-electron chi connectivity index (χ3n) is 8.85. The minimum absolute atomic E-state index is 0.0296. The molecule has 0 aromatic carbocycles. The van der Waals surface area contributed by atoms with Gasteiger partial charge in [-0.1, -0.05) is 0 Å². The van der Waals surface area contributed by atoms with Crippen molar-refractivity contribution >= 4 is 17.8 Å². The van der Waals surface area contributed by atoms with Crippen LogP contribution in [0.15, 0.2) is 30.1 Å². The number of hydrogen-bond acceptors (Lipinski definition) is 5. The Morgan fingerprint density at radius 2 is 1.85 bits per heavy atom. The molecule has 4 amide bonds. The standard InChI is InChI=1S/C25H30N4O4/c26-20(30)18-2-1-9-27-21(18)33-17-12-25(13-17)10-16(11-25)29-22(31)19(28-23(29)32)14-24-6-3-15(4-7-24)5-8-24/h1-2,9,14-17H,3-8,10-13H2,(H2,26,30)(H,28,32)/b19-14-. The van der Waals surface area contributed by atoms with Gasteiger partial charge in [-0.25, -0.2) is 9.78 Å². The summed E-state index contributed by atoms with van der Waals surface area (Å²) in [6.45, 7) is 0. The summed E-state index contributed by atoms with van der Waals surface area (Å²) >= 11 is 0. The number of allylic oxidation sites excluding steroid dienone is 1. The summed E-state index contributed by atoms with van der Waals surface area (Å²) in [5.74, 6) is 0.422. The molecule has 2 bridgehead atoms. The molecule has 1 aromatic rings. The summed E-state index contributed by atoms with van der Waals surface area (Å²) in [7, 11) is 0. The number of rotatable bonds is 5. The molecule has 0 unspecified atom stereocenters. The number of nitrogens with one attached hydrogen (secondary N) is 1. The van der Waals surface area contributed by atoms with Gasteiger partial charge in [-0.15, -0.1) is 0 Å². The van der Waals surface area contributed by atoms with Gasteiger partial charge < -0.3 is 15.8 Å². The number of hydrogen-bond donors (Lipinski definition) is 2. The monoisotopic (exact) mass is 450 g/mol. The predicted molar refractivity (Wildman–Crippen MR) is 119 cm³/mol. The number of amides is 4. The van der Waals surface area contributed by atoms with Crippen molar-refractivity contribution in [2.24, 2.45) is 22.5 Å². The van der Waals surface area contributed by atoms with E-state index in [0.717, 1.165) is 50.9 Å². The van der Waals surface area contributed by atoms with Crippen molar-refractivity contribution in [2.75, 3.05) is 0 Å². The number of urea groups is 1. The Balaban J connectivity index is 1.06. The van der Waals surface area contributed by atoms with E-state index in [1.54, 1.807) is 18.3 Å². The first kappa shape index (κ1) is 20.7. The van der Waals surface area contributed by atoms with Crippen LogP contribution in [0.5, 0.6) is 5.88 Å². The maximum absolute atomic E-state index is 13.1. The van der Waals surface area contributed by atoms with Gasteiger partial charge in [0.2, 0.25) is 5.88 Å². The van der Waals surface area contributed by atoms with Crippen LogP contribution < -0.4 is 15.8 Å². The average molecular weight is 451 g/mol. The third kappa shape index (κ3) is 3.42. The minimum Gasteiger partial charge on any atom is -0.474 e. The number of pyridine rings is 1. The molecule has 1 saturated heterocycles. The number of carbonyl (C=O) groups excluding carboxylic acids is 3. The van der Waals surface area contributed by atoms with Crippen LogP contribution in [0.2, 0.25) is 0 Å². The van der Waals surface area contributed by atoms with Crippen LogP contribution >= 0.6 is 0 Å². The average Bonchev–Trinajstić information content (AvgIpc) is 3.02. The first-order chi connectivity index (χ1) is 15.9. The Morgan fingerprint density at radius 1 is 1.15 bits per heavy atom. The van der Waals surface area contributed by atoms with Gasteiger partial charge in [0.05, 0.1) is 0 Å². The molecule has 1 aromatic heterocycles. The lowest BCUT2D eigenvalue weighted by molar-refractivity contribution is -0.137. The summed E-state index contributed by atoms with van der Waals surface area (Å²) in [5, 5.41) is 2.87. The molecule has 5 saturated carbocycles. The van der Waals surface area contributed by atoms with Crippen molar-refractivity contribution in [3.63, 3.8) is 0 Å². The van der Waals surface area contributed by atoms with Gasteiger partial charge >= 0.3 is 6.03 Å². The van der Waals surface area contributed by atoms with Gasteiger partial charge in [0.25, 0.3) is 11.8 Å². The highest BCUT2D eigenvalue weighted by atomic mass is 16.5. The van der Waals surface area contributed by atoms with E-state index < -0.39 is 5.91 Å². The molecule has 8 nitrogen and oxygen atoms in total. The van der Waals surface area contributed by atoms with Crippen molar-refractivity contribution in [1.29, 1.82) is 0 Å². The van der Waals surface area contributed by atoms with E-state index in [-0.39, 0.29) is 46.4 Å². The predicted octanol–water partition coefficient (Wildman–Crippen LogP) is 3.28. The molecule has 33 heavy (non-hydrogen) atoms. The molecule has 5 aliphatic carbocycles. The van der Waals surface area contributed by atoms with E-state index in [2.05, 4.69) is 16.4 Å². The fourth-order valence-corrected chi connectivity index (χ4v) is 6.96. The number of aromatic nitrogens is 1. The summed E-state index contributed by atoms with van der Waals surface area (Å²) in [6, 6.07) is 2.93. The number of imide groups is 1. The molecule has 7 rings (SSSR count). The summed E-state index contributed by atoms with van der Waals surface area (Å²) < 4.78 is 5.92. The minimum atomic E-state index is -0.556. The number of nitrogens with two attached hydrogens (primary N) is 1. The number of fused-ring (bicyclic) bond motifs is 3. The van der Waals surface area contributed by atoms with Crippen LogP contribution in [0.25, 0.3) is 0 Å². The van der Waals surface area contributed by atoms with Crippen LogP contribution in [0.3, 0.4) is 0 Å². The van der Waals surface area contributed by atoms with Gasteiger partial charge in [-0.3, -0.25) is 14.5 Å². The first-order valence-corrected chi connectivity index (χ1v) is 12.1. The molecule has 6 fully saturated rings. The highest BCUT2D eigenvalue weighted by Gasteiger charge is 2.58. The second kappa shape index (κ2) is 7.30. The Labute approximate surface area is 192 Å². The largest absolute Gasteiger partial charge is 0.474 e. The summed E-state index contributed by atoms with van der Waals surface area (Å²) in [6.07, 6.45) is 14.0. The van der Waals surface area contributed by atoms with Crippen molar-refractivity contribution in [1.82, 2.24) is 15.2 Å². The van der Waals surface area contributed by atoms with Gasteiger partial charge in [-0.05, 0) is 99.2 Å². The molecule has 0 radical (unpaired) electrons. The Kier molecular flexibility index (Phi) is 4.58. The van der Waals surface area contributed by atoms with E-state index in [9.17, 15) is 14.4 Å². The molecule has 2 heterocycles. The quantitative estimate of drug-likeness (QED) is 0.528. The molecule has 8 heteroatoms. The fraction of sp³-hybridized carbons (Fsp3) is 0.600. The van der Waals surface area contributed by atoms with Gasteiger partial charge in [0.1, 0.15) is 17.4 Å². The van der Waals surface area contributed by atoms with Crippen molar-refractivity contribution in [2.45, 2.75) is 76.4 Å². The highest BCUT2D eigenvalue weighted by molar-refractivity contribution is 6.12. The Bertz CT molecular complexity index is 1030. The topological polar surface area (TPSA) is 115 Å². The fourth-order valence-electron chi connectivity index (χ4n) is 6.96. The van der Waals surface area contributed by atoms with Gasteiger partial charge in [0, 0.05) is 12.2 Å². The van der Waals surface area contributed by atoms with Gasteiger partial charge in [0.15, 0.2) is 0 Å². The molecule has 3 N–H and O–H groups in total. The molecule has 0 atom stereocenters. The normalized spacial score (nSPS) is 38.2. The van der Waals surface area contributed by atoms with Crippen molar-refractivity contribution < 1.29 is 19.1 Å². The zero-order valence-electron chi connectivity index (χ0n) is 18.7. The van der Waals surface area contributed by atoms with E-state index in [1.165, 1.54) is 24.2 Å². The Hall–Kier alpha value is -2.90. The Morgan fingerprint density at radius 3 is 2.52 bits per heavy atom. The van der Waals surface area contributed by atoms with E-state index >= 15 is 0 Å². The number of nitrogens with zero attached hydrogens (tertiary/aromatic N) is 2. The van der Waals surface area contributed by atoms with Crippen LogP contribution in [0.1, 0.15) is 74.6 Å². The zero-order valence-corrected chi connectivity index (χ0v) is 18.7. The van der Waals surface area contributed by atoms with Crippen LogP contribution in [-0.4, -0.2) is 39.9 Å². The van der Waals surface area contributed by atoms with E-state index in [0.29, 0.717) is 5.70 Å².